The third-order valence-corrected chi connectivity index (χ3v) is 7.02. The number of rotatable bonds is 8. The highest BCUT2D eigenvalue weighted by Gasteiger charge is 2.15. The molecular weight excluding hydrogens is 431 g/mol. The van der Waals surface area contributed by atoms with Gasteiger partial charge in [-0.05, 0) is 60.0 Å². The number of nitrogens with two attached hydrogens (primary N) is 1. The zero-order valence-corrected chi connectivity index (χ0v) is 19.0. The van der Waals surface area contributed by atoms with Crippen molar-refractivity contribution in [1.29, 1.82) is 0 Å². The first-order valence-electron chi connectivity index (χ1n) is 9.74. The van der Waals surface area contributed by atoms with Gasteiger partial charge in [0.1, 0.15) is 5.82 Å². The summed E-state index contributed by atoms with van der Waals surface area (Å²) in [6.45, 7) is 2.74. The summed E-state index contributed by atoms with van der Waals surface area (Å²) < 4.78 is 37.0. The predicted octanol–water partition coefficient (Wildman–Crippen LogP) is 4.88. The van der Waals surface area contributed by atoms with E-state index in [-0.39, 0.29) is 16.1 Å². The van der Waals surface area contributed by atoms with Gasteiger partial charge < -0.3 is 11.1 Å². The van der Waals surface area contributed by atoms with Gasteiger partial charge in [-0.25, -0.2) is 12.8 Å². The molecular formula is C24H25FN2O2S2. The smallest absolute Gasteiger partial charge is 0.175 e. The highest BCUT2D eigenvalue weighted by atomic mass is 32.2. The molecule has 0 saturated carbocycles. The lowest BCUT2D eigenvalue weighted by Crippen LogP contribution is -2.22. The maximum atomic E-state index is 13.4. The summed E-state index contributed by atoms with van der Waals surface area (Å²) in [6, 6.07) is 22.7. The molecule has 0 aliphatic rings. The lowest BCUT2D eigenvalue weighted by Gasteiger charge is -2.19. The van der Waals surface area contributed by atoms with Gasteiger partial charge >= 0.3 is 0 Å². The van der Waals surface area contributed by atoms with Crippen LogP contribution in [0.5, 0.6) is 0 Å². The second-order valence-electron chi connectivity index (χ2n) is 7.17. The van der Waals surface area contributed by atoms with Crippen molar-refractivity contribution in [3.63, 3.8) is 0 Å². The van der Waals surface area contributed by atoms with Crippen LogP contribution >= 0.6 is 11.8 Å². The van der Waals surface area contributed by atoms with Crippen molar-refractivity contribution in [2.45, 2.75) is 23.7 Å². The van der Waals surface area contributed by atoms with Gasteiger partial charge in [0.25, 0.3) is 0 Å². The first-order valence-corrected chi connectivity index (χ1v) is 12.5. The molecule has 3 rings (SSSR count). The van der Waals surface area contributed by atoms with Crippen LogP contribution in [0.2, 0.25) is 0 Å². The molecule has 1 atom stereocenters. The molecule has 162 valence electrons. The largest absolute Gasteiger partial charge is 0.397 e. The molecule has 0 aliphatic heterocycles. The Morgan fingerprint density at radius 1 is 0.968 bits per heavy atom. The van der Waals surface area contributed by atoms with Crippen LogP contribution in [-0.4, -0.2) is 20.0 Å². The molecule has 0 heterocycles. The fraction of sp³-hybridized carbons (Fsp3) is 0.167. The minimum atomic E-state index is -3.29. The normalized spacial score (nSPS) is 13.5. The Hall–Kier alpha value is -2.61. The number of hydrogen-bond donors (Lipinski definition) is 2. The Labute approximate surface area is 187 Å². The highest BCUT2D eigenvalue weighted by molar-refractivity contribution is 8.09. The van der Waals surface area contributed by atoms with Crippen LogP contribution in [0.15, 0.2) is 83.8 Å². The third kappa shape index (κ3) is 6.43. The summed E-state index contributed by atoms with van der Waals surface area (Å²) in [7, 11) is -3.29. The molecule has 31 heavy (non-hydrogen) atoms. The Balaban J connectivity index is 1.90. The van der Waals surface area contributed by atoms with Crippen LogP contribution < -0.4 is 11.1 Å². The van der Waals surface area contributed by atoms with E-state index in [1.165, 1.54) is 35.7 Å². The summed E-state index contributed by atoms with van der Waals surface area (Å²) in [5.74, 6) is -0.332. The number of halogens is 1. The van der Waals surface area contributed by atoms with E-state index < -0.39 is 9.84 Å². The SMILES string of the molecule is CC(NCc1ccccc1)S/C(=C(\N)c1ccc(F)cc1)c1ccc(S(C)(=O)=O)cc1. The molecule has 3 N–H and O–H groups in total. The van der Waals surface area contributed by atoms with Gasteiger partial charge in [0.15, 0.2) is 9.84 Å². The number of thioether (sulfide) groups is 1. The quantitative estimate of drug-likeness (QED) is 0.373. The van der Waals surface area contributed by atoms with Gasteiger partial charge in [-0.2, -0.15) is 0 Å². The van der Waals surface area contributed by atoms with Crippen LogP contribution in [0.25, 0.3) is 10.6 Å². The molecule has 3 aromatic rings. The average molecular weight is 457 g/mol. The van der Waals surface area contributed by atoms with E-state index in [0.717, 1.165) is 10.5 Å². The van der Waals surface area contributed by atoms with Crippen molar-refractivity contribution < 1.29 is 12.8 Å². The van der Waals surface area contributed by atoms with E-state index in [9.17, 15) is 12.8 Å². The summed E-state index contributed by atoms with van der Waals surface area (Å²) in [5, 5.41) is 3.48. The minimum Gasteiger partial charge on any atom is -0.397 e. The number of benzene rings is 3. The number of nitrogens with one attached hydrogen (secondary N) is 1. The summed E-state index contributed by atoms with van der Waals surface area (Å²) >= 11 is 1.54. The van der Waals surface area contributed by atoms with E-state index in [0.29, 0.717) is 17.8 Å². The van der Waals surface area contributed by atoms with Crippen molar-refractivity contribution in [1.82, 2.24) is 5.32 Å². The van der Waals surface area contributed by atoms with Gasteiger partial charge in [-0.3, -0.25) is 0 Å². The molecule has 7 heteroatoms. The summed E-state index contributed by atoms with van der Waals surface area (Å²) in [5.41, 5.74) is 9.67. The van der Waals surface area contributed by atoms with Gasteiger partial charge in [-0.1, -0.05) is 42.5 Å². The Morgan fingerprint density at radius 2 is 1.55 bits per heavy atom. The molecule has 0 fully saturated rings. The minimum absolute atomic E-state index is 0.0174. The zero-order valence-electron chi connectivity index (χ0n) is 17.4. The summed E-state index contributed by atoms with van der Waals surface area (Å²) in [4.78, 5) is 1.04. The van der Waals surface area contributed by atoms with Crippen LogP contribution in [0.1, 0.15) is 23.6 Å². The van der Waals surface area contributed by atoms with Crippen molar-refractivity contribution in [2.24, 2.45) is 5.73 Å². The highest BCUT2D eigenvalue weighted by Crippen LogP contribution is 2.35. The second-order valence-corrected chi connectivity index (χ2v) is 10.5. The van der Waals surface area contributed by atoms with Crippen molar-refractivity contribution >= 4 is 32.2 Å². The Bertz CT molecular complexity index is 1140. The number of sulfone groups is 1. The van der Waals surface area contributed by atoms with Crippen molar-refractivity contribution in [3.8, 4) is 0 Å². The molecule has 0 amide bonds. The van der Waals surface area contributed by atoms with Crippen LogP contribution in [0.3, 0.4) is 0 Å². The molecule has 1 unspecified atom stereocenters. The fourth-order valence-electron chi connectivity index (χ4n) is 2.98. The molecule has 4 nitrogen and oxygen atoms in total. The van der Waals surface area contributed by atoms with Crippen LogP contribution in [-0.2, 0) is 16.4 Å². The molecule has 3 aromatic carbocycles. The molecule has 0 spiro atoms. The van der Waals surface area contributed by atoms with E-state index in [1.54, 1.807) is 36.4 Å². The van der Waals surface area contributed by atoms with E-state index in [4.69, 9.17) is 5.73 Å². The average Bonchev–Trinajstić information content (AvgIpc) is 2.76. The van der Waals surface area contributed by atoms with Crippen LogP contribution in [0, 0.1) is 5.82 Å². The Kier molecular flexibility index (Phi) is 7.54. The monoisotopic (exact) mass is 456 g/mol. The fourth-order valence-corrected chi connectivity index (χ4v) is 4.64. The predicted molar refractivity (Wildman–Crippen MR) is 127 cm³/mol. The summed E-state index contributed by atoms with van der Waals surface area (Å²) in [6.07, 6.45) is 1.18. The van der Waals surface area contributed by atoms with Gasteiger partial charge in [0.05, 0.1) is 16.0 Å². The number of hydrogen-bond acceptors (Lipinski definition) is 5. The van der Waals surface area contributed by atoms with Crippen LogP contribution in [0.4, 0.5) is 4.39 Å². The Morgan fingerprint density at radius 3 is 2.13 bits per heavy atom. The first-order chi connectivity index (χ1) is 14.7. The second kappa shape index (κ2) is 10.1. The lowest BCUT2D eigenvalue weighted by atomic mass is 10.1. The van der Waals surface area contributed by atoms with E-state index >= 15 is 0 Å². The van der Waals surface area contributed by atoms with Crippen molar-refractivity contribution in [2.75, 3.05) is 6.26 Å². The molecule has 0 radical (unpaired) electrons. The lowest BCUT2D eigenvalue weighted by molar-refractivity contribution is 0.602. The topological polar surface area (TPSA) is 72.2 Å². The van der Waals surface area contributed by atoms with Gasteiger partial charge in [0.2, 0.25) is 0 Å². The van der Waals surface area contributed by atoms with E-state index in [1.807, 2.05) is 25.1 Å². The van der Waals surface area contributed by atoms with Gasteiger partial charge in [-0.15, -0.1) is 11.8 Å². The zero-order chi connectivity index (χ0) is 22.4. The molecule has 0 aliphatic carbocycles. The molecule has 0 saturated heterocycles. The van der Waals surface area contributed by atoms with Gasteiger partial charge in [0, 0.05) is 17.7 Å². The van der Waals surface area contributed by atoms with E-state index in [2.05, 4.69) is 17.4 Å². The third-order valence-electron chi connectivity index (χ3n) is 4.68. The maximum Gasteiger partial charge on any atom is 0.175 e. The standard InChI is InChI=1S/C24H25FN2O2S2/c1-17(27-16-18-6-4-3-5-7-18)30-24(23(26)19-8-12-21(25)13-9-19)20-10-14-22(15-11-20)31(2,28)29/h3-15,17,27H,16,26H2,1-2H3/b24-23-. The maximum absolute atomic E-state index is 13.4. The molecule has 0 aromatic heterocycles. The van der Waals surface area contributed by atoms with Crippen molar-refractivity contribution in [3.05, 3.63) is 101 Å². The molecule has 0 bridgehead atoms. The first kappa shape index (κ1) is 23.1.